The molecule has 0 N–H and O–H groups in total. The molecule has 0 radical (unpaired) electrons. The zero-order valence-electron chi connectivity index (χ0n) is 14.0. The Balaban J connectivity index is 1.65. The molecule has 1 atom stereocenters. The zero-order chi connectivity index (χ0) is 18.7. The number of carbonyl (C=O) groups is 1. The van der Waals surface area contributed by atoms with Crippen molar-refractivity contribution in [1.29, 1.82) is 0 Å². The molecule has 2 aromatic rings. The minimum atomic E-state index is -4.53. The molecule has 1 aliphatic heterocycles. The summed E-state index contributed by atoms with van der Waals surface area (Å²) in [5, 5.41) is 7.86. The minimum absolute atomic E-state index is 0.119. The summed E-state index contributed by atoms with van der Waals surface area (Å²) in [7, 11) is 0. The average molecular weight is 366 g/mol. The summed E-state index contributed by atoms with van der Waals surface area (Å²) in [6, 6.07) is 5.45. The number of alkyl halides is 3. The molecule has 2 aromatic heterocycles. The van der Waals surface area contributed by atoms with Crippen molar-refractivity contribution in [2.45, 2.75) is 32.0 Å². The van der Waals surface area contributed by atoms with Gasteiger partial charge in [-0.15, -0.1) is 5.10 Å². The van der Waals surface area contributed by atoms with Gasteiger partial charge in [-0.05, 0) is 38.0 Å². The van der Waals surface area contributed by atoms with Crippen LogP contribution in [0.4, 0.5) is 13.2 Å². The average Bonchev–Trinajstić information content (AvgIpc) is 2.63. The normalized spacial score (nSPS) is 17.8. The van der Waals surface area contributed by atoms with E-state index in [9.17, 15) is 18.0 Å². The number of nitrogens with zero attached hydrogens (tertiary/aromatic N) is 4. The summed E-state index contributed by atoms with van der Waals surface area (Å²) < 4.78 is 43.5. The molecule has 1 aliphatic rings. The molecule has 6 nitrogen and oxygen atoms in total. The van der Waals surface area contributed by atoms with Crippen molar-refractivity contribution in [2.75, 3.05) is 13.1 Å². The van der Waals surface area contributed by atoms with Gasteiger partial charge in [0.05, 0.1) is 17.8 Å². The molecule has 3 rings (SSSR count). The summed E-state index contributed by atoms with van der Waals surface area (Å²) in [6.45, 7) is 2.66. The zero-order valence-corrected chi connectivity index (χ0v) is 14.0. The van der Waals surface area contributed by atoms with Gasteiger partial charge in [0.15, 0.2) is 0 Å². The molecule has 0 aromatic carbocycles. The Kier molecular flexibility index (Phi) is 5.06. The molecule has 0 saturated carbocycles. The molecule has 0 aliphatic carbocycles. The van der Waals surface area contributed by atoms with Crippen molar-refractivity contribution in [1.82, 2.24) is 20.1 Å². The summed E-state index contributed by atoms with van der Waals surface area (Å²) in [5.74, 6) is 0.0145. The first-order valence-corrected chi connectivity index (χ1v) is 8.12. The van der Waals surface area contributed by atoms with Crippen molar-refractivity contribution in [3.05, 3.63) is 47.4 Å². The topological polar surface area (TPSA) is 68.2 Å². The van der Waals surface area contributed by atoms with Crippen molar-refractivity contribution < 1.29 is 22.7 Å². The quantitative estimate of drug-likeness (QED) is 0.836. The number of amides is 1. The molecule has 1 fully saturated rings. The number of pyridine rings is 1. The lowest BCUT2D eigenvalue weighted by Gasteiger charge is -2.32. The van der Waals surface area contributed by atoms with Crippen LogP contribution in [0.15, 0.2) is 30.5 Å². The maximum atomic E-state index is 12.6. The van der Waals surface area contributed by atoms with Crippen LogP contribution in [-0.2, 0) is 6.18 Å². The summed E-state index contributed by atoms with van der Waals surface area (Å²) >= 11 is 0. The van der Waals surface area contributed by atoms with Gasteiger partial charge in [-0.2, -0.15) is 18.3 Å². The number of aromatic nitrogens is 3. The maximum absolute atomic E-state index is 12.6. The third-order valence-corrected chi connectivity index (χ3v) is 4.03. The molecular formula is C17H17F3N4O2. The van der Waals surface area contributed by atoms with E-state index in [0.717, 1.165) is 36.9 Å². The largest absolute Gasteiger partial charge is 0.471 e. The van der Waals surface area contributed by atoms with Gasteiger partial charge in [-0.3, -0.25) is 9.78 Å². The standard InChI is InChI=1S/C17H17F3N4O2/c1-11-4-7-15(23-22-11)26-13-3-2-8-24(10-13)16(25)12-5-6-14(21-9-12)17(18,19)20/h4-7,9,13H,2-3,8,10H2,1H3. The van der Waals surface area contributed by atoms with Crippen LogP contribution in [0.3, 0.4) is 0 Å². The second kappa shape index (κ2) is 7.27. The van der Waals surface area contributed by atoms with E-state index >= 15 is 0 Å². The van der Waals surface area contributed by atoms with E-state index < -0.39 is 11.9 Å². The van der Waals surface area contributed by atoms with Gasteiger partial charge >= 0.3 is 6.18 Å². The fourth-order valence-corrected chi connectivity index (χ4v) is 2.71. The van der Waals surface area contributed by atoms with Gasteiger partial charge in [0.1, 0.15) is 11.8 Å². The maximum Gasteiger partial charge on any atom is 0.433 e. The van der Waals surface area contributed by atoms with Crippen molar-refractivity contribution in [3.63, 3.8) is 0 Å². The van der Waals surface area contributed by atoms with Crippen LogP contribution in [0, 0.1) is 6.92 Å². The molecule has 0 bridgehead atoms. The third-order valence-electron chi connectivity index (χ3n) is 4.03. The Morgan fingerprint density at radius 1 is 1.23 bits per heavy atom. The van der Waals surface area contributed by atoms with Crippen LogP contribution in [0.1, 0.15) is 34.6 Å². The Morgan fingerprint density at radius 3 is 2.65 bits per heavy atom. The highest BCUT2D eigenvalue weighted by Crippen LogP contribution is 2.27. The molecule has 1 amide bonds. The van der Waals surface area contributed by atoms with Crippen LogP contribution in [-0.4, -0.2) is 45.2 Å². The molecule has 1 unspecified atom stereocenters. The van der Waals surface area contributed by atoms with E-state index in [-0.39, 0.29) is 17.6 Å². The molecule has 0 spiro atoms. The van der Waals surface area contributed by atoms with E-state index in [1.54, 1.807) is 17.0 Å². The highest BCUT2D eigenvalue weighted by Gasteiger charge is 2.33. The van der Waals surface area contributed by atoms with Crippen LogP contribution < -0.4 is 4.74 Å². The fraction of sp³-hybridized carbons (Fsp3) is 0.412. The number of hydrogen-bond donors (Lipinski definition) is 0. The van der Waals surface area contributed by atoms with Gasteiger partial charge in [0.25, 0.3) is 5.91 Å². The second-order valence-electron chi connectivity index (χ2n) is 6.08. The van der Waals surface area contributed by atoms with Crippen LogP contribution in [0.5, 0.6) is 5.88 Å². The molecule has 26 heavy (non-hydrogen) atoms. The molecule has 138 valence electrons. The van der Waals surface area contributed by atoms with Crippen molar-refractivity contribution in [2.24, 2.45) is 0 Å². The van der Waals surface area contributed by atoms with Crippen molar-refractivity contribution >= 4 is 5.91 Å². The first kappa shape index (κ1) is 18.1. The number of rotatable bonds is 3. The number of carbonyl (C=O) groups excluding carboxylic acids is 1. The van der Waals surface area contributed by atoms with E-state index in [4.69, 9.17) is 4.74 Å². The van der Waals surface area contributed by atoms with Gasteiger partial charge in [0.2, 0.25) is 5.88 Å². The predicted molar refractivity (Wildman–Crippen MR) is 85.6 cm³/mol. The Bertz CT molecular complexity index is 763. The molecule has 9 heteroatoms. The van der Waals surface area contributed by atoms with E-state index in [2.05, 4.69) is 15.2 Å². The van der Waals surface area contributed by atoms with E-state index in [1.807, 2.05) is 6.92 Å². The smallest absolute Gasteiger partial charge is 0.433 e. The van der Waals surface area contributed by atoms with Gasteiger partial charge in [-0.1, -0.05) is 0 Å². The highest BCUT2D eigenvalue weighted by molar-refractivity contribution is 5.94. The number of likely N-dealkylation sites (tertiary alicyclic amines) is 1. The van der Waals surface area contributed by atoms with Crippen LogP contribution in [0.25, 0.3) is 0 Å². The Labute approximate surface area is 148 Å². The summed E-state index contributed by atoms with van der Waals surface area (Å²) in [4.78, 5) is 17.4. The highest BCUT2D eigenvalue weighted by atomic mass is 19.4. The lowest BCUT2D eigenvalue weighted by Crippen LogP contribution is -2.44. The summed E-state index contributed by atoms with van der Waals surface area (Å²) in [6.07, 6.45) is -2.33. The fourth-order valence-electron chi connectivity index (χ4n) is 2.71. The number of piperidine rings is 1. The van der Waals surface area contributed by atoms with Crippen LogP contribution >= 0.6 is 0 Å². The predicted octanol–water partition coefficient (Wildman–Crippen LogP) is 2.88. The number of ether oxygens (including phenoxy) is 1. The molecular weight excluding hydrogens is 349 g/mol. The number of aryl methyl sites for hydroxylation is 1. The molecule has 3 heterocycles. The second-order valence-corrected chi connectivity index (χ2v) is 6.08. The van der Waals surface area contributed by atoms with Gasteiger partial charge in [-0.25, -0.2) is 0 Å². The van der Waals surface area contributed by atoms with Crippen LogP contribution in [0.2, 0.25) is 0 Å². The Hall–Kier alpha value is -2.71. The monoisotopic (exact) mass is 366 g/mol. The van der Waals surface area contributed by atoms with Gasteiger partial charge < -0.3 is 9.64 Å². The number of halogens is 3. The minimum Gasteiger partial charge on any atom is -0.471 e. The lowest BCUT2D eigenvalue weighted by atomic mass is 10.1. The third kappa shape index (κ3) is 4.27. The van der Waals surface area contributed by atoms with Gasteiger partial charge in [0, 0.05) is 18.8 Å². The van der Waals surface area contributed by atoms with E-state index in [1.165, 1.54) is 0 Å². The first-order valence-electron chi connectivity index (χ1n) is 8.12. The summed E-state index contributed by atoms with van der Waals surface area (Å²) in [5.41, 5.74) is -0.131. The lowest BCUT2D eigenvalue weighted by molar-refractivity contribution is -0.141. The SMILES string of the molecule is Cc1ccc(OC2CCCN(C(=O)c3ccc(C(F)(F)F)nc3)C2)nn1. The Morgan fingerprint density at radius 2 is 2.04 bits per heavy atom. The number of hydrogen-bond acceptors (Lipinski definition) is 5. The van der Waals surface area contributed by atoms with Crippen molar-refractivity contribution in [3.8, 4) is 5.88 Å². The molecule has 1 saturated heterocycles. The first-order chi connectivity index (χ1) is 12.3. The van der Waals surface area contributed by atoms with E-state index in [0.29, 0.717) is 19.0 Å².